The Morgan fingerprint density at radius 3 is 2.23 bits per heavy atom. The van der Waals surface area contributed by atoms with E-state index in [9.17, 15) is 22.8 Å². The van der Waals surface area contributed by atoms with Gasteiger partial charge >= 0.3 is 6.18 Å². The summed E-state index contributed by atoms with van der Waals surface area (Å²) in [6.07, 6.45) is -2.80. The van der Waals surface area contributed by atoms with Gasteiger partial charge in [0.2, 0.25) is 11.8 Å². The number of hydrogen-bond donors (Lipinski definition) is 0. The van der Waals surface area contributed by atoms with Crippen molar-refractivity contribution in [2.75, 3.05) is 44.2 Å². The third-order valence-corrected chi connectivity index (χ3v) is 5.83. The Bertz CT molecular complexity index is 781. The molecule has 1 aromatic rings. The van der Waals surface area contributed by atoms with Crippen molar-refractivity contribution in [3.05, 3.63) is 29.8 Å². The van der Waals surface area contributed by atoms with Gasteiger partial charge in [-0.15, -0.1) is 0 Å². The molecule has 3 rings (SSSR count). The highest BCUT2D eigenvalue weighted by Gasteiger charge is 2.36. The Balaban J connectivity index is 1.58. The molecule has 0 bridgehead atoms. The first-order valence-electron chi connectivity index (χ1n) is 10.5. The zero-order valence-corrected chi connectivity index (χ0v) is 17.8. The highest BCUT2D eigenvalue weighted by atomic mass is 19.4. The van der Waals surface area contributed by atoms with E-state index in [-0.39, 0.29) is 17.7 Å². The third-order valence-electron chi connectivity index (χ3n) is 5.83. The average molecular weight is 425 g/mol. The van der Waals surface area contributed by atoms with Gasteiger partial charge in [-0.05, 0) is 31.0 Å². The van der Waals surface area contributed by atoms with Crippen molar-refractivity contribution in [3.63, 3.8) is 0 Å². The summed E-state index contributed by atoms with van der Waals surface area (Å²) < 4.78 is 38.9. The van der Waals surface area contributed by atoms with Crippen molar-refractivity contribution >= 4 is 17.5 Å². The molecule has 30 heavy (non-hydrogen) atoms. The van der Waals surface area contributed by atoms with Crippen LogP contribution < -0.4 is 4.90 Å². The smallest absolute Gasteiger partial charge is 0.368 e. The normalized spacial score (nSPS) is 21.0. The minimum Gasteiger partial charge on any atom is -0.368 e. The van der Waals surface area contributed by atoms with E-state index in [1.807, 2.05) is 25.7 Å². The van der Waals surface area contributed by atoms with E-state index in [1.54, 1.807) is 15.9 Å². The van der Waals surface area contributed by atoms with Crippen LogP contribution in [0.4, 0.5) is 18.9 Å². The molecule has 0 saturated carbocycles. The molecule has 2 aliphatic heterocycles. The standard InChI is InChI=1S/C22H30F3N3O2/c1-21(2,3)20(30)28-9-5-6-16(15-28)19(29)27-12-10-26(11-13-27)18-8-4-7-17(14-18)22(23,24)25/h4,7-8,14,16H,5-6,9-13,15H2,1-3H3. The first-order chi connectivity index (χ1) is 14.0. The van der Waals surface area contributed by atoms with Crippen LogP contribution in [0, 0.1) is 11.3 Å². The lowest BCUT2D eigenvalue weighted by atomic mass is 9.90. The van der Waals surface area contributed by atoms with Crippen molar-refractivity contribution in [1.29, 1.82) is 0 Å². The van der Waals surface area contributed by atoms with Crippen molar-refractivity contribution in [1.82, 2.24) is 9.80 Å². The summed E-state index contributed by atoms with van der Waals surface area (Å²) >= 11 is 0. The molecule has 1 unspecified atom stereocenters. The van der Waals surface area contributed by atoms with E-state index in [0.29, 0.717) is 45.0 Å². The average Bonchev–Trinajstić information content (AvgIpc) is 2.71. The Hall–Kier alpha value is -2.25. The van der Waals surface area contributed by atoms with Crippen LogP contribution in [-0.2, 0) is 15.8 Å². The summed E-state index contributed by atoms with van der Waals surface area (Å²) in [5.74, 6) is -0.0929. The summed E-state index contributed by atoms with van der Waals surface area (Å²) in [4.78, 5) is 31.1. The van der Waals surface area contributed by atoms with E-state index in [1.165, 1.54) is 6.07 Å². The van der Waals surface area contributed by atoms with E-state index >= 15 is 0 Å². The molecule has 0 aliphatic carbocycles. The minimum atomic E-state index is -4.37. The molecule has 5 nitrogen and oxygen atoms in total. The number of carbonyl (C=O) groups is 2. The number of piperidine rings is 1. The predicted molar refractivity (Wildman–Crippen MR) is 109 cm³/mol. The van der Waals surface area contributed by atoms with Crippen molar-refractivity contribution in [2.45, 2.75) is 39.8 Å². The van der Waals surface area contributed by atoms with Crippen molar-refractivity contribution in [3.8, 4) is 0 Å². The molecule has 2 aliphatic rings. The minimum absolute atomic E-state index is 0.0464. The van der Waals surface area contributed by atoms with Gasteiger partial charge in [0.05, 0.1) is 11.5 Å². The van der Waals surface area contributed by atoms with E-state index in [0.717, 1.165) is 25.0 Å². The molecule has 166 valence electrons. The van der Waals surface area contributed by atoms with Crippen LogP contribution in [0.1, 0.15) is 39.2 Å². The predicted octanol–water partition coefficient (Wildman–Crippen LogP) is 3.64. The molecule has 2 fully saturated rings. The number of rotatable bonds is 2. The molecular formula is C22H30F3N3O2. The lowest BCUT2D eigenvalue weighted by molar-refractivity contribution is -0.145. The van der Waals surface area contributed by atoms with Gasteiger partial charge in [-0.25, -0.2) is 0 Å². The number of carbonyl (C=O) groups excluding carboxylic acids is 2. The zero-order valence-electron chi connectivity index (χ0n) is 17.8. The first-order valence-corrected chi connectivity index (χ1v) is 10.5. The monoisotopic (exact) mass is 425 g/mol. The van der Waals surface area contributed by atoms with Gasteiger partial charge in [0.15, 0.2) is 0 Å². The number of hydrogen-bond acceptors (Lipinski definition) is 3. The second-order valence-corrected chi connectivity index (χ2v) is 9.20. The number of benzene rings is 1. The molecule has 1 atom stereocenters. The van der Waals surface area contributed by atoms with Gasteiger partial charge in [-0.2, -0.15) is 13.2 Å². The molecule has 2 heterocycles. The molecule has 0 aromatic heterocycles. The number of piperazine rings is 1. The van der Waals surface area contributed by atoms with E-state index in [4.69, 9.17) is 0 Å². The second-order valence-electron chi connectivity index (χ2n) is 9.20. The lowest BCUT2D eigenvalue weighted by Crippen LogP contribution is -2.54. The van der Waals surface area contributed by atoms with Crippen molar-refractivity contribution < 1.29 is 22.8 Å². The molecule has 2 saturated heterocycles. The third kappa shape index (κ3) is 5.08. The molecule has 8 heteroatoms. The molecule has 0 spiro atoms. The Kier molecular flexibility index (Phi) is 6.34. The van der Waals surface area contributed by atoms with Crippen LogP contribution >= 0.6 is 0 Å². The van der Waals surface area contributed by atoms with Gasteiger partial charge < -0.3 is 14.7 Å². The maximum Gasteiger partial charge on any atom is 0.416 e. The van der Waals surface area contributed by atoms with Crippen LogP contribution in [0.5, 0.6) is 0 Å². The second kappa shape index (κ2) is 8.47. The molecular weight excluding hydrogens is 395 g/mol. The number of nitrogens with zero attached hydrogens (tertiary/aromatic N) is 3. The van der Waals surface area contributed by atoms with Gasteiger partial charge in [-0.1, -0.05) is 26.8 Å². The number of alkyl halides is 3. The van der Waals surface area contributed by atoms with E-state index in [2.05, 4.69) is 0 Å². The summed E-state index contributed by atoms with van der Waals surface area (Å²) in [6, 6.07) is 5.31. The van der Waals surface area contributed by atoms with Crippen molar-refractivity contribution in [2.24, 2.45) is 11.3 Å². The van der Waals surface area contributed by atoms with Gasteiger partial charge in [-0.3, -0.25) is 9.59 Å². The fourth-order valence-corrected chi connectivity index (χ4v) is 4.16. The fraction of sp³-hybridized carbons (Fsp3) is 0.636. The first kappa shape index (κ1) is 22.4. The number of likely N-dealkylation sites (tertiary alicyclic amines) is 1. The Morgan fingerprint density at radius 1 is 0.967 bits per heavy atom. The van der Waals surface area contributed by atoms with E-state index < -0.39 is 17.2 Å². The van der Waals surface area contributed by atoms with Gasteiger partial charge in [0.1, 0.15) is 0 Å². The van der Waals surface area contributed by atoms with Crippen LogP contribution in [0.2, 0.25) is 0 Å². The number of halogens is 3. The number of amides is 2. The molecule has 1 aromatic carbocycles. The summed E-state index contributed by atoms with van der Waals surface area (Å²) in [5, 5.41) is 0. The topological polar surface area (TPSA) is 43.9 Å². The summed E-state index contributed by atoms with van der Waals surface area (Å²) in [5.41, 5.74) is -0.609. The molecule has 0 N–H and O–H groups in total. The van der Waals surface area contributed by atoms with Crippen LogP contribution in [0.25, 0.3) is 0 Å². The van der Waals surface area contributed by atoms with Crippen LogP contribution in [-0.4, -0.2) is 60.9 Å². The lowest BCUT2D eigenvalue weighted by Gasteiger charge is -2.40. The maximum absolute atomic E-state index is 13.0. The summed E-state index contributed by atoms with van der Waals surface area (Å²) in [6.45, 7) is 8.70. The highest BCUT2D eigenvalue weighted by molar-refractivity contribution is 5.84. The fourth-order valence-electron chi connectivity index (χ4n) is 4.16. The molecule has 0 radical (unpaired) electrons. The van der Waals surface area contributed by atoms with Crippen LogP contribution in [0.3, 0.4) is 0 Å². The SMILES string of the molecule is CC(C)(C)C(=O)N1CCCC(C(=O)N2CCN(c3cccc(C(F)(F)F)c3)CC2)C1. The maximum atomic E-state index is 13.0. The largest absolute Gasteiger partial charge is 0.416 e. The highest BCUT2D eigenvalue weighted by Crippen LogP contribution is 2.32. The Labute approximate surface area is 175 Å². The number of anilines is 1. The molecule has 2 amide bonds. The van der Waals surface area contributed by atoms with Gasteiger partial charge in [0.25, 0.3) is 0 Å². The Morgan fingerprint density at radius 2 is 1.63 bits per heavy atom. The summed E-state index contributed by atoms with van der Waals surface area (Å²) in [7, 11) is 0. The van der Waals surface area contributed by atoms with Crippen LogP contribution in [0.15, 0.2) is 24.3 Å². The quantitative estimate of drug-likeness (QED) is 0.727. The van der Waals surface area contributed by atoms with Gasteiger partial charge in [0, 0.05) is 50.4 Å². The zero-order chi connectivity index (χ0) is 22.1.